The van der Waals surface area contributed by atoms with Crippen LogP contribution >= 0.6 is 0 Å². The molecule has 0 unspecified atom stereocenters. The summed E-state index contributed by atoms with van der Waals surface area (Å²) in [6.07, 6.45) is 2.23. The summed E-state index contributed by atoms with van der Waals surface area (Å²) >= 11 is 0. The topological polar surface area (TPSA) is 98.2 Å². The number of ether oxygens (including phenoxy) is 2. The fraction of sp³-hybridized carbons (Fsp3) is 0.385. The summed E-state index contributed by atoms with van der Waals surface area (Å²) in [6, 6.07) is 15.3. The molecule has 1 fully saturated rings. The molecule has 1 saturated heterocycles. The van der Waals surface area contributed by atoms with Gasteiger partial charge in [-0.3, -0.25) is 9.69 Å². The quantitative estimate of drug-likeness (QED) is 0.438. The molecule has 3 heterocycles. The van der Waals surface area contributed by atoms with Gasteiger partial charge >= 0.3 is 0 Å². The second kappa shape index (κ2) is 9.87. The van der Waals surface area contributed by atoms with E-state index in [0.717, 1.165) is 30.5 Å². The molecule has 2 aromatic carbocycles. The van der Waals surface area contributed by atoms with Crippen molar-refractivity contribution >= 4 is 10.9 Å². The first-order valence-electron chi connectivity index (χ1n) is 11.9. The lowest BCUT2D eigenvalue weighted by Gasteiger charge is -2.36. The second-order valence-electron chi connectivity index (χ2n) is 9.17. The lowest BCUT2D eigenvalue weighted by molar-refractivity contribution is 0.141. The van der Waals surface area contributed by atoms with Crippen LogP contribution in [0, 0.1) is 5.92 Å². The summed E-state index contributed by atoms with van der Waals surface area (Å²) < 4.78 is 12.7. The predicted molar refractivity (Wildman–Crippen MR) is 133 cm³/mol. The van der Waals surface area contributed by atoms with Gasteiger partial charge in [0.1, 0.15) is 6.04 Å². The lowest BCUT2D eigenvalue weighted by Crippen LogP contribution is -2.41. The summed E-state index contributed by atoms with van der Waals surface area (Å²) in [7, 11) is 3.18. The van der Waals surface area contributed by atoms with Gasteiger partial charge in [0.15, 0.2) is 17.3 Å². The van der Waals surface area contributed by atoms with Gasteiger partial charge < -0.3 is 14.5 Å². The fourth-order valence-electron chi connectivity index (χ4n) is 4.99. The zero-order chi connectivity index (χ0) is 24.4. The maximum Gasteiger partial charge on any atom is 0.253 e. The van der Waals surface area contributed by atoms with Gasteiger partial charge in [-0.1, -0.05) is 37.3 Å². The molecule has 0 aliphatic carbocycles. The Bertz CT molecular complexity index is 1370. The van der Waals surface area contributed by atoms with Crippen LogP contribution in [0.3, 0.4) is 0 Å². The molecule has 1 N–H and O–H groups in total. The largest absolute Gasteiger partial charge is 0.493 e. The van der Waals surface area contributed by atoms with E-state index in [4.69, 9.17) is 9.47 Å². The van der Waals surface area contributed by atoms with Gasteiger partial charge in [-0.05, 0) is 53.4 Å². The summed E-state index contributed by atoms with van der Waals surface area (Å²) in [5, 5.41) is 13.6. The van der Waals surface area contributed by atoms with Gasteiger partial charge in [0.05, 0.1) is 26.3 Å². The van der Waals surface area contributed by atoms with Crippen LogP contribution in [-0.4, -0.2) is 57.4 Å². The summed E-state index contributed by atoms with van der Waals surface area (Å²) in [4.78, 5) is 18.9. The van der Waals surface area contributed by atoms with E-state index < -0.39 is 0 Å². The highest BCUT2D eigenvalue weighted by atomic mass is 16.5. The Hall–Kier alpha value is -3.72. The van der Waals surface area contributed by atoms with Crippen LogP contribution in [0.1, 0.15) is 42.8 Å². The summed E-state index contributed by atoms with van der Waals surface area (Å²) in [5.41, 5.74) is 2.23. The third-order valence-corrected chi connectivity index (χ3v) is 6.70. The Balaban J connectivity index is 1.64. The third-order valence-electron chi connectivity index (χ3n) is 6.70. The highest BCUT2D eigenvalue weighted by molar-refractivity contribution is 5.83. The molecule has 9 heteroatoms. The highest BCUT2D eigenvalue weighted by Crippen LogP contribution is 2.34. The van der Waals surface area contributed by atoms with Crippen LogP contribution in [0.15, 0.2) is 53.3 Å². The maximum atomic E-state index is 13.5. The van der Waals surface area contributed by atoms with E-state index in [-0.39, 0.29) is 11.6 Å². The van der Waals surface area contributed by atoms with Gasteiger partial charge in [0.25, 0.3) is 5.56 Å². The molecule has 0 spiro atoms. The van der Waals surface area contributed by atoms with Crippen LogP contribution in [0.4, 0.5) is 0 Å². The van der Waals surface area contributed by atoms with Crippen LogP contribution in [0.2, 0.25) is 0 Å². The molecule has 1 aliphatic rings. The Morgan fingerprint density at radius 3 is 2.63 bits per heavy atom. The number of methoxy groups -OCH3 is 2. The third kappa shape index (κ3) is 4.64. The van der Waals surface area contributed by atoms with E-state index in [0.29, 0.717) is 40.9 Å². The molecule has 0 radical (unpaired) electrons. The number of benzene rings is 2. The van der Waals surface area contributed by atoms with E-state index in [9.17, 15) is 4.79 Å². The van der Waals surface area contributed by atoms with Crippen molar-refractivity contribution in [3.05, 3.63) is 75.8 Å². The molecule has 35 heavy (non-hydrogen) atoms. The second-order valence-corrected chi connectivity index (χ2v) is 9.17. The SMILES string of the molecule is COc1cc2cc([C@@H](c3nnnn3Cc3ccccc3)N3CCC[C@H](C)C3)c(=O)[nH]c2cc1OC. The Morgan fingerprint density at radius 1 is 1.11 bits per heavy atom. The van der Waals surface area contributed by atoms with Gasteiger partial charge in [-0.25, -0.2) is 4.68 Å². The van der Waals surface area contributed by atoms with E-state index in [1.807, 2.05) is 42.5 Å². The van der Waals surface area contributed by atoms with Crippen LogP contribution in [-0.2, 0) is 6.54 Å². The van der Waals surface area contributed by atoms with Crippen LogP contribution in [0.25, 0.3) is 10.9 Å². The van der Waals surface area contributed by atoms with Gasteiger partial charge in [0, 0.05) is 23.6 Å². The van der Waals surface area contributed by atoms with E-state index in [2.05, 4.69) is 32.3 Å². The van der Waals surface area contributed by atoms with Crippen molar-refractivity contribution in [2.24, 2.45) is 5.92 Å². The van der Waals surface area contributed by atoms with Crippen molar-refractivity contribution in [3.8, 4) is 11.5 Å². The van der Waals surface area contributed by atoms with Gasteiger partial charge in [-0.2, -0.15) is 0 Å². The fourth-order valence-corrected chi connectivity index (χ4v) is 4.99. The average molecular weight is 475 g/mol. The number of aromatic nitrogens is 5. The Kier molecular flexibility index (Phi) is 6.50. The molecule has 9 nitrogen and oxygen atoms in total. The van der Waals surface area contributed by atoms with Crippen molar-refractivity contribution < 1.29 is 9.47 Å². The minimum Gasteiger partial charge on any atom is -0.493 e. The molecule has 4 aromatic rings. The Morgan fingerprint density at radius 2 is 1.89 bits per heavy atom. The highest BCUT2D eigenvalue weighted by Gasteiger charge is 2.33. The summed E-state index contributed by atoms with van der Waals surface area (Å²) in [6.45, 7) is 4.51. The van der Waals surface area contributed by atoms with Crippen molar-refractivity contribution in [1.82, 2.24) is 30.1 Å². The van der Waals surface area contributed by atoms with Crippen molar-refractivity contribution in [2.45, 2.75) is 32.4 Å². The van der Waals surface area contributed by atoms with Crippen molar-refractivity contribution in [3.63, 3.8) is 0 Å². The van der Waals surface area contributed by atoms with Crippen molar-refractivity contribution in [2.75, 3.05) is 27.3 Å². The minimum absolute atomic E-state index is 0.165. The molecule has 1 aliphatic heterocycles. The maximum absolute atomic E-state index is 13.5. The summed E-state index contributed by atoms with van der Waals surface area (Å²) in [5.74, 6) is 2.36. The first-order chi connectivity index (χ1) is 17.1. The van der Waals surface area contributed by atoms with E-state index in [1.54, 1.807) is 25.0 Å². The predicted octanol–water partition coefficient (Wildman–Crippen LogP) is 3.40. The normalized spacial score (nSPS) is 17.4. The zero-order valence-corrected chi connectivity index (χ0v) is 20.3. The standard InChI is InChI=1S/C26H30N6O3/c1-17-8-7-11-31(15-17)24(25-28-29-30-32(25)16-18-9-5-4-6-10-18)20-12-19-13-22(34-2)23(35-3)14-21(19)27-26(20)33/h4-6,9-10,12-14,17,24H,7-8,11,15-16H2,1-3H3,(H,27,33)/t17-,24-/m0/s1. The average Bonchev–Trinajstić information content (AvgIpc) is 3.32. The number of H-pyrrole nitrogens is 1. The molecule has 5 rings (SSSR count). The number of nitrogens with zero attached hydrogens (tertiary/aromatic N) is 5. The number of piperidine rings is 1. The van der Waals surface area contributed by atoms with Crippen LogP contribution in [0.5, 0.6) is 11.5 Å². The lowest BCUT2D eigenvalue weighted by atomic mass is 9.95. The number of hydrogen-bond donors (Lipinski definition) is 1. The van der Waals surface area contributed by atoms with Gasteiger partial charge in [0.2, 0.25) is 0 Å². The number of rotatable bonds is 7. The molecule has 182 valence electrons. The first-order valence-corrected chi connectivity index (χ1v) is 11.9. The van der Waals surface area contributed by atoms with E-state index >= 15 is 0 Å². The molecule has 2 atom stereocenters. The number of nitrogens with one attached hydrogen (secondary N) is 1. The molecular formula is C26H30N6O3. The number of likely N-dealkylation sites (tertiary alicyclic amines) is 1. The van der Waals surface area contributed by atoms with E-state index in [1.165, 1.54) is 6.42 Å². The monoisotopic (exact) mass is 474 g/mol. The zero-order valence-electron chi connectivity index (χ0n) is 20.3. The number of tetrazole rings is 1. The first kappa shape index (κ1) is 23.0. The smallest absolute Gasteiger partial charge is 0.253 e. The van der Waals surface area contributed by atoms with Crippen LogP contribution < -0.4 is 15.0 Å². The molecule has 0 saturated carbocycles. The number of aromatic amines is 1. The number of hydrogen-bond acceptors (Lipinski definition) is 7. The number of fused-ring (bicyclic) bond motifs is 1. The molecule has 2 aromatic heterocycles. The minimum atomic E-state index is -0.377. The van der Waals surface area contributed by atoms with Crippen molar-refractivity contribution in [1.29, 1.82) is 0 Å². The number of pyridine rings is 1. The molecule has 0 bridgehead atoms. The van der Waals surface area contributed by atoms with Gasteiger partial charge in [-0.15, -0.1) is 5.10 Å². The Labute approximate surface area is 203 Å². The molecular weight excluding hydrogens is 444 g/mol. The molecule has 0 amide bonds.